The number of amides is 2. The van der Waals surface area contributed by atoms with Gasteiger partial charge in [-0.2, -0.15) is 0 Å². The first-order chi connectivity index (χ1) is 15.6. The summed E-state index contributed by atoms with van der Waals surface area (Å²) in [6.45, 7) is 11.4. The molecule has 176 valence electrons. The minimum absolute atomic E-state index is 0.354. The van der Waals surface area contributed by atoms with Gasteiger partial charge < -0.3 is 19.8 Å². The molecule has 0 bridgehead atoms. The normalized spacial score (nSPS) is 13.5. The number of anilines is 1. The first kappa shape index (κ1) is 23.5. The lowest BCUT2D eigenvalue weighted by molar-refractivity contribution is 0.00704. The summed E-state index contributed by atoms with van der Waals surface area (Å²) in [5, 5.41) is 9.78. The van der Waals surface area contributed by atoms with Crippen LogP contribution in [0.1, 0.15) is 57.6 Å². The summed E-state index contributed by atoms with van der Waals surface area (Å²) in [4.78, 5) is 29.0. The number of carbonyl (C=O) groups excluding carboxylic acids is 2. The minimum Gasteiger partial charge on any atom is -0.472 e. The quantitative estimate of drug-likeness (QED) is 0.407. The number of esters is 1. The fraction of sp³-hybridized carbons (Fsp3) is 0.417. The van der Waals surface area contributed by atoms with E-state index in [4.69, 9.17) is 9.15 Å². The SMILES string of the molecule is Cc1sc(NC(=O)NCc2c(-c3ccoc3)sc3c2CCNC3)c(C(=O)OC(C)(C)C)c1C. The van der Waals surface area contributed by atoms with Crippen molar-refractivity contribution in [1.82, 2.24) is 10.6 Å². The predicted octanol–water partition coefficient (Wildman–Crippen LogP) is 5.61. The van der Waals surface area contributed by atoms with Crippen LogP contribution in [0.3, 0.4) is 0 Å². The Morgan fingerprint density at radius 3 is 2.73 bits per heavy atom. The van der Waals surface area contributed by atoms with E-state index in [0.717, 1.165) is 46.0 Å². The van der Waals surface area contributed by atoms with Gasteiger partial charge in [0.1, 0.15) is 10.6 Å². The van der Waals surface area contributed by atoms with Gasteiger partial charge in [-0.3, -0.25) is 5.32 Å². The largest absolute Gasteiger partial charge is 0.472 e. The van der Waals surface area contributed by atoms with Crippen molar-refractivity contribution in [3.63, 3.8) is 0 Å². The van der Waals surface area contributed by atoms with Gasteiger partial charge in [0, 0.05) is 33.3 Å². The van der Waals surface area contributed by atoms with E-state index in [1.807, 2.05) is 40.7 Å². The molecule has 33 heavy (non-hydrogen) atoms. The minimum atomic E-state index is -0.616. The molecule has 9 heteroatoms. The Kier molecular flexibility index (Phi) is 6.65. The van der Waals surface area contributed by atoms with Gasteiger partial charge in [-0.1, -0.05) is 0 Å². The first-order valence-electron chi connectivity index (χ1n) is 10.9. The van der Waals surface area contributed by atoms with E-state index < -0.39 is 11.6 Å². The molecule has 3 aromatic rings. The summed E-state index contributed by atoms with van der Waals surface area (Å²) in [6.07, 6.45) is 4.32. The first-order valence-corrected chi connectivity index (χ1v) is 12.5. The number of urea groups is 1. The van der Waals surface area contributed by atoms with E-state index >= 15 is 0 Å². The highest BCUT2D eigenvalue weighted by Gasteiger charge is 2.27. The van der Waals surface area contributed by atoms with Gasteiger partial charge in [0.2, 0.25) is 0 Å². The third-order valence-electron chi connectivity index (χ3n) is 5.46. The number of rotatable bonds is 5. The molecule has 0 aliphatic carbocycles. The molecule has 0 spiro atoms. The van der Waals surface area contributed by atoms with Crippen molar-refractivity contribution in [3.8, 4) is 10.4 Å². The third-order valence-corrected chi connectivity index (χ3v) is 7.91. The summed E-state index contributed by atoms with van der Waals surface area (Å²) in [6, 6.07) is 1.59. The number of hydrogen-bond donors (Lipinski definition) is 3. The van der Waals surface area contributed by atoms with Crippen LogP contribution in [0.2, 0.25) is 0 Å². The average Bonchev–Trinajstić information content (AvgIpc) is 3.44. The van der Waals surface area contributed by atoms with E-state index in [0.29, 0.717) is 17.1 Å². The monoisotopic (exact) mass is 487 g/mol. The van der Waals surface area contributed by atoms with E-state index in [1.165, 1.54) is 21.8 Å². The van der Waals surface area contributed by atoms with Crippen molar-refractivity contribution >= 4 is 39.7 Å². The molecular formula is C24H29N3O4S2. The van der Waals surface area contributed by atoms with Gasteiger partial charge in [-0.15, -0.1) is 22.7 Å². The van der Waals surface area contributed by atoms with E-state index in [9.17, 15) is 9.59 Å². The second-order valence-corrected chi connectivity index (χ2v) is 11.4. The Bertz CT molecular complexity index is 1170. The maximum absolute atomic E-state index is 12.9. The Balaban J connectivity index is 1.52. The molecule has 3 N–H and O–H groups in total. The molecule has 1 aliphatic rings. The van der Waals surface area contributed by atoms with Crippen molar-refractivity contribution in [1.29, 1.82) is 0 Å². The van der Waals surface area contributed by atoms with Crippen molar-refractivity contribution < 1.29 is 18.7 Å². The Morgan fingerprint density at radius 1 is 1.24 bits per heavy atom. The van der Waals surface area contributed by atoms with Crippen LogP contribution in [0.4, 0.5) is 9.80 Å². The zero-order chi connectivity index (χ0) is 23.8. The molecule has 4 heterocycles. The molecule has 0 unspecified atom stereocenters. The van der Waals surface area contributed by atoms with Gasteiger partial charge in [-0.05, 0) is 70.3 Å². The van der Waals surface area contributed by atoms with Crippen molar-refractivity contribution in [2.24, 2.45) is 0 Å². The molecule has 4 rings (SSSR count). The second-order valence-electron chi connectivity index (χ2n) is 9.05. The van der Waals surface area contributed by atoms with E-state index in [-0.39, 0.29) is 6.03 Å². The predicted molar refractivity (Wildman–Crippen MR) is 132 cm³/mol. The zero-order valence-corrected chi connectivity index (χ0v) is 21.1. The van der Waals surface area contributed by atoms with Crippen molar-refractivity contribution in [2.75, 3.05) is 11.9 Å². The van der Waals surface area contributed by atoms with Gasteiger partial charge >= 0.3 is 12.0 Å². The van der Waals surface area contributed by atoms with E-state index in [1.54, 1.807) is 23.9 Å². The number of hydrogen-bond acceptors (Lipinski definition) is 7. The van der Waals surface area contributed by atoms with Crippen LogP contribution < -0.4 is 16.0 Å². The summed E-state index contributed by atoms with van der Waals surface area (Å²) in [5.41, 5.74) is 4.07. The molecule has 0 radical (unpaired) electrons. The smallest absolute Gasteiger partial charge is 0.341 e. The number of fused-ring (bicyclic) bond motifs is 1. The summed E-state index contributed by atoms with van der Waals surface area (Å²) in [5.74, 6) is -0.429. The highest BCUT2D eigenvalue weighted by molar-refractivity contribution is 7.17. The number of furan rings is 1. The van der Waals surface area contributed by atoms with Crippen LogP contribution in [0.25, 0.3) is 10.4 Å². The molecule has 0 saturated carbocycles. The van der Waals surface area contributed by atoms with Crippen molar-refractivity contribution in [3.05, 3.63) is 50.6 Å². The maximum atomic E-state index is 12.9. The molecule has 2 amide bonds. The Hall–Kier alpha value is -2.62. The fourth-order valence-electron chi connectivity index (χ4n) is 3.82. The molecule has 0 aromatic carbocycles. The molecule has 1 aliphatic heterocycles. The number of thiophene rings is 2. The summed E-state index contributed by atoms with van der Waals surface area (Å²) >= 11 is 3.12. The van der Waals surface area contributed by atoms with Crippen LogP contribution in [0.5, 0.6) is 0 Å². The van der Waals surface area contributed by atoms with Gasteiger partial charge in [0.25, 0.3) is 0 Å². The summed E-state index contributed by atoms with van der Waals surface area (Å²) in [7, 11) is 0. The molecule has 7 nitrogen and oxygen atoms in total. The molecular weight excluding hydrogens is 458 g/mol. The number of aryl methyl sites for hydroxylation is 1. The van der Waals surface area contributed by atoms with Gasteiger partial charge in [-0.25, -0.2) is 9.59 Å². The van der Waals surface area contributed by atoms with E-state index in [2.05, 4.69) is 16.0 Å². The average molecular weight is 488 g/mol. The van der Waals surface area contributed by atoms with Crippen LogP contribution >= 0.6 is 22.7 Å². The molecule has 0 atom stereocenters. The van der Waals surface area contributed by atoms with Crippen LogP contribution in [-0.4, -0.2) is 24.1 Å². The molecule has 0 fully saturated rings. The third kappa shape index (κ3) is 5.15. The number of nitrogens with one attached hydrogen (secondary N) is 3. The molecule has 0 saturated heterocycles. The Labute approximate surface area is 201 Å². The second kappa shape index (κ2) is 9.32. The highest BCUT2D eigenvalue weighted by Crippen LogP contribution is 2.39. The van der Waals surface area contributed by atoms with Crippen LogP contribution in [0.15, 0.2) is 23.0 Å². The lowest BCUT2D eigenvalue weighted by atomic mass is 10.0. The standard InChI is InChI=1S/C24H29N3O4S2/c1-13-14(2)32-21(19(13)22(28)31-24(3,4)5)27-23(29)26-10-17-16-6-8-25-11-18(16)33-20(17)15-7-9-30-12-15/h7,9,12,25H,6,8,10-11H2,1-5H3,(H2,26,27,29). The van der Waals surface area contributed by atoms with Crippen LogP contribution in [0, 0.1) is 13.8 Å². The summed E-state index contributed by atoms with van der Waals surface area (Å²) < 4.78 is 10.9. The lowest BCUT2D eigenvalue weighted by Crippen LogP contribution is -2.30. The number of carbonyl (C=O) groups is 2. The lowest BCUT2D eigenvalue weighted by Gasteiger charge is -2.20. The van der Waals surface area contributed by atoms with Gasteiger partial charge in [0.05, 0.1) is 18.1 Å². The maximum Gasteiger partial charge on any atom is 0.341 e. The van der Waals surface area contributed by atoms with Crippen molar-refractivity contribution in [2.45, 2.75) is 59.7 Å². The van der Waals surface area contributed by atoms with Gasteiger partial charge in [0.15, 0.2) is 0 Å². The topological polar surface area (TPSA) is 92.6 Å². The molecule has 3 aromatic heterocycles. The van der Waals surface area contributed by atoms with Crippen LogP contribution in [-0.2, 0) is 24.2 Å². The fourth-order valence-corrected chi connectivity index (χ4v) is 6.19. The highest BCUT2D eigenvalue weighted by atomic mass is 32.1. The number of ether oxygens (including phenoxy) is 1. The Morgan fingerprint density at radius 2 is 2.03 bits per heavy atom. The zero-order valence-electron chi connectivity index (χ0n) is 19.5.